The lowest BCUT2D eigenvalue weighted by Crippen LogP contribution is -2.41. The Labute approximate surface area is 117 Å². The smallest absolute Gasteiger partial charge is 0.260 e. The van der Waals surface area contributed by atoms with Crippen molar-refractivity contribution in [1.82, 2.24) is 5.32 Å². The van der Waals surface area contributed by atoms with Crippen LogP contribution in [0.3, 0.4) is 0 Å². The van der Waals surface area contributed by atoms with Gasteiger partial charge in [0.15, 0.2) is 6.10 Å². The van der Waals surface area contributed by atoms with Gasteiger partial charge in [0, 0.05) is 12.1 Å². The van der Waals surface area contributed by atoms with Gasteiger partial charge >= 0.3 is 0 Å². The molecular weight excluding hydrogens is 262 g/mol. The minimum Gasteiger partial charge on any atom is -0.474 e. The van der Waals surface area contributed by atoms with Crippen LogP contribution in [0.15, 0.2) is 21.5 Å². The highest BCUT2D eigenvalue weighted by atomic mass is 16.5. The first-order chi connectivity index (χ1) is 9.47. The molecule has 1 aromatic heterocycles. The second-order valence-corrected chi connectivity index (χ2v) is 4.69. The van der Waals surface area contributed by atoms with E-state index in [0.29, 0.717) is 0 Å². The van der Waals surface area contributed by atoms with Gasteiger partial charge in [0.2, 0.25) is 11.2 Å². The Hall–Kier alpha value is -1.82. The third-order valence-corrected chi connectivity index (χ3v) is 2.79. The Kier molecular flexibility index (Phi) is 6.24. The summed E-state index contributed by atoms with van der Waals surface area (Å²) in [6.45, 7) is 5.16. The Morgan fingerprint density at radius 3 is 2.75 bits per heavy atom. The molecule has 0 aliphatic heterocycles. The van der Waals surface area contributed by atoms with E-state index in [4.69, 9.17) is 14.3 Å². The predicted molar refractivity (Wildman–Crippen MR) is 73.5 cm³/mol. The van der Waals surface area contributed by atoms with E-state index in [2.05, 4.69) is 5.32 Å². The van der Waals surface area contributed by atoms with Gasteiger partial charge in [-0.25, -0.2) is 0 Å². The van der Waals surface area contributed by atoms with Gasteiger partial charge in [-0.3, -0.25) is 9.59 Å². The van der Waals surface area contributed by atoms with Gasteiger partial charge in [0.1, 0.15) is 18.6 Å². The zero-order valence-corrected chi connectivity index (χ0v) is 12.0. The molecule has 2 N–H and O–H groups in total. The highest BCUT2D eigenvalue weighted by molar-refractivity contribution is 5.80. The summed E-state index contributed by atoms with van der Waals surface area (Å²) in [7, 11) is 0. The van der Waals surface area contributed by atoms with E-state index in [1.54, 1.807) is 6.92 Å². The quantitative estimate of drug-likeness (QED) is 0.785. The highest BCUT2D eigenvalue weighted by Gasteiger charge is 2.18. The number of hydrogen-bond acceptors (Lipinski definition) is 5. The summed E-state index contributed by atoms with van der Waals surface area (Å²) < 4.78 is 10.3. The third-order valence-electron chi connectivity index (χ3n) is 2.79. The molecule has 6 nitrogen and oxygen atoms in total. The maximum Gasteiger partial charge on any atom is 0.260 e. The first-order valence-corrected chi connectivity index (χ1v) is 6.67. The Bertz CT molecular complexity index is 497. The second kappa shape index (κ2) is 7.69. The Morgan fingerprint density at radius 1 is 1.50 bits per heavy atom. The summed E-state index contributed by atoms with van der Waals surface area (Å²) in [4.78, 5) is 23.5. The molecule has 6 heteroatoms. The first kappa shape index (κ1) is 16.2. The van der Waals surface area contributed by atoms with Crippen LogP contribution >= 0.6 is 0 Å². The molecule has 0 radical (unpaired) electrons. The number of amides is 1. The highest BCUT2D eigenvalue weighted by Crippen LogP contribution is 2.08. The molecule has 0 bridgehead atoms. The van der Waals surface area contributed by atoms with Gasteiger partial charge < -0.3 is 19.6 Å². The number of hydrogen-bond donors (Lipinski definition) is 2. The van der Waals surface area contributed by atoms with Crippen molar-refractivity contribution in [2.45, 2.75) is 52.4 Å². The van der Waals surface area contributed by atoms with E-state index < -0.39 is 11.5 Å². The summed E-state index contributed by atoms with van der Waals surface area (Å²) in [6, 6.07) is 1.20. The molecule has 20 heavy (non-hydrogen) atoms. The van der Waals surface area contributed by atoms with Crippen LogP contribution in [0.1, 0.15) is 39.4 Å². The maximum atomic E-state index is 11.9. The number of nitrogens with one attached hydrogen (secondary N) is 1. The summed E-state index contributed by atoms with van der Waals surface area (Å²) in [6.07, 6.45) is 2.17. The molecule has 0 fully saturated rings. The van der Waals surface area contributed by atoms with Gasteiger partial charge in [-0.1, -0.05) is 13.3 Å². The first-order valence-electron chi connectivity index (χ1n) is 6.67. The average molecular weight is 283 g/mol. The van der Waals surface area contributed by atoms with Gasteiger partial charge in [-0.15, -0.1) is 0 Å². The van der Waals surface area contributed by atoms with E-state index in [9.17, 15) is 9.59 Å². The molecule has 2 atom stereocenters. The third kappa shape index (κ3) is 4.70. The lowest BCUT2D eigenvalue weighted by Gasteiger charge is -2.17. The van der Waals surface area contributed by atoms with Crippen molar-refractivity contribution in [1.29, 1.82) is 0 Å². The Morgan fingerprint density at radius 2 is 2.20 bits per heavy atom. The Balaban J connectivity index is 2.63. The molecule has 0 spiro atoms. The zero-order chi connectivity index (χ0) is 15.1. The van der Waals surface area contributed by atoms with E-state index in [1.165, 1.54) is 0 Å². The van der Waals surface area contributed by atoms with Crippen LogP contribution in [0.25, 0.3) is 0 Å². The van der Waals surface area contributed by atoms with E-state index >= 15 is 0 Å². The second-order valence-electron chi connectivity index (χ2n) is 4.69. The number of rotatable bonds is 7. The topological polar surface area (TPSA) is 88.8 Å². The van der Waals surface area contributed by atoms with Crippen LogP contribution in [-0.2, 0) is 11.4 Å². The van der Waals surface area contributed by atoms with E-state index in [1.807, 2.05) is 13.8 Å². The zero-order valence-electron chi connectivity index (χ0n) is 12.0. The molecule has 2 unspecified atom stereocenters. The standard InChI is InChI=1S/C14H21NO5/c1-4-5-9(2)15-14(18)10(3)20-13-8-19-11(7-16)6-12(13)17/h6,8-10,16H,4-5,7H2,1-3H3,(H,15,18). The van der Waals surface area contributed by atoms with Crippen LogP contribution in [0, 0.1) is 0 Å². The van der Waals surface area contributed by atoms with Crippen molar-refractivity contribution < 1.29 is 19.1 Å². The minimum absolute atomic E-state index is 0.0482. The number of aliphatic hydroxyl groups excluding tert-OH is 1. The number of ether oxygens (including phenoxy) is 1. The van der Waals surface area contributed by atoms with Gasteiger partial charge in [-0.05, 0) is 20.3 Å². The molecule has 0 saturated heterocycles. The van der Waals surface area contributed by atoms with Crippen LogP contribution in [-0.4, -0.2) is 23.2 Å². The molecule has 1 rings (SSSR count). The van der Waals surface area contributed by atoms with Crippen LogP contribution < -0.4 is 15.5 Å². The van der Waals surface area contributed by atoms with Crippen LogP contribution in [0.2, 0.25) is 0 Å². The summed E-state index contributed by atoms with van der Waals surface area (Å²) in [5, 5.41) is 11.6. The van der Waals surface area contributed by atoms with Crippen molar-refractivity contribution in [2.75, 3.05) is 0 Å². The summed E-state index contributed by atoms with van der Waals surface area (Å²) >= 11 is 0. The van der Waals surface area contributed by atoms with Gasteiger partial charge in [0.05, 0.1) is 0 Å². The predicted octanol–water partition coefficient (Wildman–Crippen LogP) is 1.20. The fourth-order valence-electron chi connectivity index (χ4n) is 1.72. The minimum atomic E-state index is -0.794. The van der Waals surface area contributed by atoms with Crippen LogP contribution in [0.4, 0.5) is 0 Å². The molecule has 1 heterocycles. The van der Waals surface area contributed by atoms with E-state index in [-0.39, 0.29) is 30.1 Å². The van der Waals surface area contributed by atoms with Crippen molar-refractivity contribution in [2.24, 2.45) is 0 Å². The normalized spacial score (nSPS) is 13.6. The molecule has 0 aliphatic rings. The van der Waals surface area contributed by atoms with Crippen LogP contribution in [0.5, 0.6) is 5.75 Å². The molecule has 0 saturated carbocycles. The molecule has 0 aromatic carbocycles. The molecule has 112 valence electrons. The molecule has 1 amide bonds. The van der Waals surface area contributed by atoms with Crippen molar-refractivity contribution in [3.05, 3.63) is 28.3 Å². The largest absolute Gasteiger partial charge is 0.474 e. The fourth-order valence-corrected chi connectivity index (χ4v) is 1.72. The molecule has 1 aromatic rings. The monoisotopic (exact) mass is 283 g/mol. The number of carbonyl (C=O) groups excluding carboxylic acids is 1. The average Bonchev–Trinajstić information content (AvgIpc) is 2.41. The number of carbonyl (C=O) groups is 1. The number of aliphatic hydroxyl groups is 1. The fraction of sp³-hybridized carbons (Fsp3) is 0.571. The van der Waals surface area contributed by atoms with Gasteiger partial charge in [-0.2, -0.15) is 0 Å². The molecular formula is C14H21NO5. The van der Waals surface area contributed by atoms with Crippen molar-refractivity contribution in [3.8, 4) is 5.75 Å². The lowest BCUT2D eigenvalue weighted by atomic mass is 10.2. The molecule has 0 aliphatic carbocycles. The maximum absolute atomic E-state index is 11.9. The summed E-state index contributed by atoms with van der Waals surface area (Å²) in [5.41, 5.74) is -0.429. The lowest BCUT2D eigenvalue weighted by molar-refractivity contribution is -0.128. The summed E-state index contributed by atoms with van der Waals surface area (Å²) in [5.74, 6) is -0.180. The van der Waals surface area contributed by atoms with Crippen molar-refractivity contribution >= 4 is 5.91 Å². The van der Waals surface area contributed by atoms with Crippen molar-refractivity contribution in [3.63, 3.8) is 0 Å². The van der Waals surface area contributed by atoms with E-state index in [0.717, 1.165) is 25.2 Å². The SMILES string of the molecule is CCCC(C)NC(=O)C(C)Oc1coc(CO)cc1=O. The van der Waals surface area contributed by atoms with Gasteiger partial charge in [0.25, 0.3) is 5.91 Å².